The Kier molecular flexibility index (Phi) is 7.00. The molecule has 0 heterocycles. The SMILES string of the molecule is CCCNCc1cccc(F)c1N(C)C(C)CC(C)C. The smallest absolute Gasteiger partial charge is 0.146 e. The number of nitrogens with one attached hydrogen (secondary N) is 1. The molecule has 1 unspecified atom stereocenters. The lowest BCUT2D eigenvalue weighted by Gasteiger charge is -2.30. The van der Waals surface area contributed by atoms with Crippen LogP contribution in [0.3, 0.4) is 0 Å². The van der Waals surface area contributed by atoms with Gasteiger partial charge in [-0.1, -0.05) is 32.9 Å². The molecule has 0 amide bonds. The number of anilines is 1. The molecule has 0 aliphatic heterocycles. The van der Waals surface area contributed by atoms with E-state index in [2.05, 4.69) is 37.9 Å². The fraction of sp³-hybridized carbons (Fsp3) is 0.647. The summed E-state index contributed by atoms with van der Waals surface area (Å²) >= 11 is 0. The van der Waals surface area contributed by atoms with Crippen LogP contribution in [0, 0.1) is 11.7 Å². The second-order valence-corrected chi connectivity index (χ2v) is 6.01. The summed E-state index contributed by atoms with van der Waals surface area (Å²) in [7, 11) is 1.99. The Morgan fingerprint density at radius 3 is 2.55 bits per heavy atom. The maximum Gasteiger partial charge on any atom is 0.146 e. The van der Waals surface area contributed by atoms with Crippen molar-refractivity contribution >= 4 is 5.69 Å². The first-order valence-electron chi connectivity index (χ1n) is 7.68. The van der Waals surface area contributed by atoms with Crippen LogP contribution >= 0.6 is 0 Å². The van der Waals surface area contributed by atoms with Gasteiger partial charge in [0.25, 0.3) is 0 Å². The van der Waals surface area contributed by atoms with Crippen LogP contribution < -0.4 is 10.2 Å². The van der Waals surface area contributed by atoms with Gasteiger partial charge in [0.05, 0.1) is 5.69 Å². The zero-order valence-electron chi connectivity index (χ0n) is 13.5. The predicted octanol–water partition coefficient (Wildman–Crippen LogP) is 4.20. The summed E-state index contributed by atoms with van der Waals surface area (Å²) in [4.78, 5) is 2.08. The maximum absolute atomic E-state index is 14.2. The third-order valence-corrected chi connectivity index (χ3v) is 3.64. The van der Waals surface area contributed by atoms with Gasteiger partial charge in [-0.2, -0.15) is 0 Å². The highest BCUT2D eigenvalue weighted by Crippen LogP contribution is 2.26. The highest BCUT2D eigenvalue weighted by Gasteiger charge is 2.18. The lowest BCUT2D eigenvalue weighted by atomic mass is 10.0. The molecule has 0 aliphatic carbocycles. The number of rotatable bonds is 8. The van der Waals surface area contributed by atoms with Crippen LogP contribution in [0.2, 0.25) is 0 Å². The minimum atomic E-state index is -0.126. The van der Waals surface area contributed by atoms with Gasteiger partial charge in [0.1, 0.15) is 5.82 Å². The normalized spacial score (nSPS) is 12.8. The van der Waals surface area contributed by atoms with Crippen molar-refractivity contribution in [2.75, 3.05) is 18.5 Å². The first-order valence-corrected chi connectivity index (χ1v) is 7.68. The third-order valence-electron chi connectivity index (χ3n) is 3.64. The van der Waals surface area contributed by atoms with Crippen molar-refractivity contribution in [3.05, 3.63) is 29.6 Å². The lowest BCUT2D eigenvalue weighted by Crippen LogP contribution is -2.32. The molecule has 0 aromatic heterocycles. The molecule has 114 valence electrons. The molecule has 2 nitrogen and oxygen atoms in total. The van der Waals surface area contributed by atoms with Crippen LogP contribution in [0.4, 0.5) is 10.1 Å². The van der Waals surface area contributed by atoms with Crippen LogP contribution in [0.5, 0.6) is 0 Å². The van der Waals surface area contributed by atoms with E-state index in [0.717, 1.165) is 37.2 Å². The Hall–Kier alpha value is -1.09. The summed E-state index contributed by atoms with van der Waals surface area (Å²) < 4.78 is 14.2. The van der Waals surface area contributed by atoms with E-state index < -0.39 is 0 Å². The molecule has 0 aliphatic rings. The monoisotopic (exact) mass is 280 g/mol. The van der Waals surface area contributed by atoms with E-state index in [-0.39, 0.29) is 5.82 Å². The first kappa shape index (κ1) is 17.0. The molecule has 20 heavy (non-hydrogen) atoms. The number of halogens is 1. The van der Waals surface area contributed by atoms with Crippen molar-refractivity contribution in [2.24, 2.45) is 5.92 Å². The minimum Gasteiger partial charge on any atom is -0.369 e. The molecule has 0 fully saturated rings. The predicted molar refractivity (Wildman–Crippen MR) is 85.7 cm³/mol. The summed E-state index contributed by atoms with van der Waals surface area (Å²) in [6.45, 7) is 10.4. The van der Waals surface area contributed by atoms with Crippen molar-refractivity contribution in [1.82, 2.24) is 5.32 Å². The van der Waals surface area contributed by atoms with Crippen LogP contribution in [0.15, 0.2) is 18.2 Å². The molecule has 0 spiro atoms. The van der Waals surface area contributed by atoms with Crippen molar-refractivity contribution in [3.8, 4) is 0 Å². The van der Waals surface area contributed by atoms with Crippen LogP contribution in [-0.2, 0) is 6.54 Å². The second-order valence-electron chi connectivity index (χ2n) is 6.01. The molecule has 3 heteroatoms. The Balaban J connectivity index is 2.90. The topological polar surface area (TPSA) is 15.3 Å². The van der Waals surface area contributed by atoms with E-state index in [0.29, 0.717) is 12.0 Å². The van der Waals surface area contributed by atoms with Gasteiger partial charge in [0.2, 0.25) is 0 Å². The van der Waals surface area contributed by atoms with Gasteiger partial charge in [-0.25, -0.2) is 4.39 Å². The van der Waals surface area contributed by atoms with Crippen molar-refractivity contribution in [1.29, 1.82) is 0 Å². The van der Waals surface area contributed by atoms with Gasteiger partial charge < -0.3 is 10.2 Å². The summed E-state index contributed by atoms with van der Waals surface area (Å²) in [5, 5.41) is 3.36. The van der Waals surface area contributed by atoms with Crippen molar-refractivity contribution < 1.29 is 4.39 Å². The molecular formula is C17H29FN2. The van der Waals surface area contributed by atoms with Crippen molar-refractivity contribution in [2.45, 2.75) is 53.1 Å². The Morgan fingerprint density at radius 1 is 1.25 bits per heavy atom. The number of hydrogen-bond donors (Lipinski definition) is 1. The number of nitrogens with zero attached hydrogens (tertiary/aromatic N) is 1. The lowest BCUT2D eigenvalue weighted by molar-refractivity contribution is 0.496. The second kappa shape index (κ2) is 8.25. The molecule has 1 atom stereocenters. The van der Waals surface area contributed by atoms with Crippen LogP contribution in [0.1, 0.15) is 46.1 Å². The van der Waals surface area contributed by atoms with Gasteiger partial charge in [0.15, 0.2) is 0 Å². The largest absolute Gasteiger partial charge is 0.369 e. The molecular weight excluding hydrogens is 251 g/mol. The van der Waals surface area contributed by atoms with Gasteiger partial charge >= 0.3 is 0 Å². The number of para-hydroxylation sites is 1. The van der Waals surface area contributed by atoms with Crippen LogP contribution in [-0.4, -0.2) is 19.6 Å². The fourth-order valence-corrected chi connectivity index (χ4v) is 2.56. The molecule has 0 saturated heterocycles. The first-order chi connectivity index (χ1) is 9.47. The summed E-state index contributed by atoms with van der Waals surface area (Å²) in [5.74, 6) is 0.486. The van der Waals surface area contributed by atoms with Gasteiger partial charge in [-0.05, 0) is 43.9 Å². The summed E-state index contributed by atoms with van der Waals surface area (Å²) in [5.41, 5.74) is 1.78. The van der Waals surface area contributed by atoms with Gasteiger partial charge in [-0.15, -0.1) is 0 Å². The molecule has 0 bridgehead atoms. The fourth-order valence-electron chi connectivity index (χ4n) is 2.56. The molecule has 0 radical (unpaired) electrons. The van der Waals surface area contributed by atoms with E-state index >= 15 is 0 Å². The molecule has 1 rings (SSSR count). The Labute approximate surface area is 123 Å². The Morgan fingerprint density at radius 2 is 1.95 bits per heavy atom. The van der Waals surface area contributed by atoms with E-state index in [9.17, 15) is 4.39 Å². The van der Waals surface area contributed by atoms with E-state index in [4.69, 9.17) is 0 Å². The van der Waals surface area contributed by atoms with E-state index in [1.807, 2.05) is 13.1 Å². The zero-order valence-corrected chi connectivity index (χ0v) is 13.5. The van der Waals surface area contributed by atoms with E-state index in [1.165, 1.54) is 0 Å². The quantitative estimate of drug-likeness (QED) is 0.718. The third kappa shape index (κ3) is 4.78. The van der Waals surface area contributed by atoms with Crippen LogP contribution in [0.25, 0.3) is 0 Å². The maximum atomic E-state index is 14.2. The molecule has 0 saturated carbocycles. The zero-order chi connectivity index (χ0) is 15.1. The summed E-state index contributed by atoms with van der Waals surface area (Å²) in [6.07, 6.45) is 2.15. The van der Waals surface area contributed by atoms with E-state index in [1.54, 1.807) is 12.1 Å². The number of benzene rings is 1. The van der Waals surface area contributed by atoms with Crippen molar-refractivity contribution in [3.63, 3.8) is 0 Å². The minimum absolute atomic E-state index is 0.126. The molecule has 1 aromatic carbocycles. The van der Waals surface area contributed by atoms with Gasteiger partial charge in [0, 0.05) is 19.6 Å². The average molecular weight is 280 g/mol. The summed E-state index contributed by atoms with van der Waals surface area (Å²) in [6, 6.07) is 5.69. The van der Waals surface area contributed by atoms with Gasteiger partial charge in [-0.3, -0.25) is 0 Å². The highest BCUT2D eigenvalue weighted by molar-refractivity contribution is 5.55. The highest BCUT2D eigenvalue weighted by atomic mass is 19.1. The number of hydrogen-bond acceptors (Lipinski definition) is 2. The molecule has 1 N–H and O–H groups in total. The average Bonchev–Trinajstić information content (AvgIpc) is 2.37. The molecule has 1 aromatic rings. The standard InChI is InChI=1S/C17H29FN2/c1-6-10-19-12-15-8-7-9-16(18)17(15)20(5)14(4)11-13(2)3/h7-9,13-14,19H,6,10-12H2,1-5H3. The Bertz CT molecular complexity index is 404.